The van der Waals surface area contributed by atoms with Gasteiger partial charge in [-0.15, -0.1) is 0 Å². The van der Waals surface area contributed by atoms with Gasteiger partial charge in [0.05, 0.1) is 4.92 Å². The first-order valence-electron chi connectivity index (χ1n) is 5.77. The molecule has 0 bridgehead atoms. The zero-order chi connectivity index (χ0) is 14.0. The molecule has 2 N–H and O–H groups in total. The first-order chi connectivity index (χ1) is 8.99. The van der Waals surface area contributed by atoms with E-state index in [1.54, 1.807) is 12.1 Å². The normalized spacial score (nSPS) is 10.2. The van der Waals surface area contributed by atoms with Gasteiger partial charge in [-0.05, 0) is 49.2 Å². The largest absolute Gasteiger partial charge is 0.450 e. The number of anilines is 1. The molecule has 19 heavy (non-hydrogen) atoms. The van der Waals surface area contributed by atoms with E-state index in [2.05, 4.69) is 0 Å². The van der Waals surface area contributed by atoms with Crippen LogP contribution in [0.15, 0.2) is 36.4 Å². The minimum atomic E-state index is -0.536. The summed E-state index contributed by atoms with van der Waals surface area (Å²) in [7, 11) is 0. The number of nitro benzene ring substituents is 1. The lowest BCUT2D eigenvalue weighted by atomic mass is 10.1. The van der Waals surface area contributed by atoms with Crippen molar-refractivity contribution < 1.29 is 9.66 Å². The molecule has 0 atom stereocenters. The number of hydrogen-bond acceptors (Lipinski definition) is 4. The molecular formula is C14H14N2O3. The topological polar surface area (TPSA) is 78.4 Å². The smallest absolute Gasteiger partial charge is 0.334 e. The van der Waals surface area contributed by atoms with E-state index in [0.29, 0.717) is 5.75 Å². The molecule has 5 heteroatoms. The second kappa shape index (κ2) is 4.97. The molecule has 98 valence electrons. The van der Waals surface area contributed by atoms with E-state index in [1.807, 2.05) is 26.0 Å². The lowest BCUT2D eigenvalue weighted by Gasteiger charge is -2.09. The minimum Gasteiger partial charge on any atom is -0.450 e. The van der Waals surface area contributed by atoms with Crippen molar-refractivity contribution in [3.05, 3.63) is 57.6 Å². The minimum absolute atomic E-state index is 0.0892. The van der Waals surface area contributed by atoms with Crippen molar-refractivity contribution in [2.24, 2.45) is 0 Å². The molecule has 2 rings (SSSR count). The number of rotatable bonds is 3. The average Bonchev–Trinajstić information content (AvgIpc) is 2.33. The number of hydrogen-bond donors (Lipinski definition) is 1. The van der Waals surface area contributed by atoms with Gasteiger partial charge < -0.3 is 10.5 Å². The van der Waals surface area contributed by atoms with E-state index in [1.165, 1.54) is 12.1 Å². The van der Waals surface area contributed by atoms with Gasteiger partial charge in [0.2, 0.25) is 5.75 Å². The fourth-order valence-corrected chi connectivity index (χ4v) is 1.72. The van der Waals surface area contributed by atoms with Crippen molar-refractivity contribution >= 4 is 11.4 Å². The van der Waals surface area contributed by atoms with Crippen LogP contribution in [0.2, 0.25) is 0 Å². The molecule has 0 amide bonds. The van der Waals surface area contributed by atoms with Crippen LogP contribution in [0.3, 0.4) is 0 Å². The third-order valence-electron chi connectivity index (χ3n) is 2.92. The standard InChI is InChI=1S/C14H14N2O3/c1-9-6-7-11(8-10(9)2)19-13-5-3-4-12(15)14(13)16(17)18/h3-8H,15H2,1-2H3. The Morgan fingerprint density at radius 2 is 1.89 bits per heavy atom. The number of nitrogen functional groups attached to an aromatic ring is 1. The van der Waals surface area contributed by atoms with Crippen LogP contribution in [0, 0.1) is 24.0 Å². The third kappa shape index (κ3) is 2.65. The molecule has 5 nitrogen and oxygen atoms in total. The molecule has 2 aromatic rings. The zero-order valence-electron chi connectivity index (χ0n) is 10.7. The van der Waals surface area contributed by atoms with E-state index in [9.17, 15) is 10.1 Å². The first kappa shape index (κ1) is 12.9. The maximum absolute atomic E-state index is 11.0. The highest BCUT2D eigenvalue weighted by Crippen LogP contribution is 2.36. The number of para-hydroxylation sites is 1. The van der Waals surface area contributed by atoms with Gasteiger partial charge in [-0.2, -0.15) is 0 Å². The SMILES string of the molecule is Cc1ccc(Oc2cccc(N)c2[N+](=O)[O-])cc1C. The van der Waals surface area contributed by atoms with Crippen LogP contribution in [-0.2, 0) is 0 Å². The van der Waals surface area contributed by atoms with E-state index < -0.39 is 4.92 Å². The summed E-state index contributed by atoms with van der Waals surface area (Å²) in [6.07, 6.45) is 0. The van der Waals surface area contributed by atoms with Gasteiger partial charge in [-0.3, -0.25) is 10.1 Å². The zero-order valence-corrected chi connectivity index (χ0v) is 10.7. The summed E-state index contributed by atoms with van der Waals surface area (Å²) in [5.74, 6) is 0.699. The molecule has 0 saturated carbocycles. The Labute approximate surface area is 110 Å². The summed E-state index contributed by atoms with van der Waals surface area (Å²) in [6, 6.07) is 10.1. The van der Waals surface area contributed by atoms with Crippen LogP contribution < -0.4 is 10.5 Å². The van der Waals surface area contributed by atoms with Crippen molar-refractivity contribution in [3.63, 3.8) is 0 Å². The lowest BCUT2D eigenvalue weighted by Crippen LogP contribution is -1.98. The quantitative estimate of drug-likeness (QED) is 0.518. The van der Waals surface area contributed by atoms with E-state index in [0.717, 1.165) is 11.1 Å². The van der Waals surface area contributed by atoms with Crippen LogP contribution in [0.25, 0.3) is 0 Å². The first-order valence-corrected chi connectivity index (χ1v) is 5.77. The number of nitro groups is 1. The predicted molar refractivity (Wildman–Crippen MR) is 73.5 cm³/mol. The highest BCUT2D eigenvalue weighted by atomic mass is 16.6. The number of nitrogens with two attached hydrogens (primary N) is 1. The molecule has 0 spiro atoms. The van der Waals surface area contributed by atoms with Crippen LogP contribution >= 0.6 is 0 Å². The van der Waals surface area contributed by atoms with Gasteiger partial charge in [0, 0.05) is 0 Å². The molecule has 0 aliphatic carbocycles. The summed E-state index contributed by atoms with van der Waals surface area (Å²) in [6.45, 7) is 3.94. The Morgan fingerprint density at radius 3 is 2.53 bits per heavy atom. The average molecular weight is 258 g/mol. The van der Waals surface area contributed by atoms with Crippen LogP contribution in [-0.4, -0.2) is 4.92 Å². The highest BCUT2D eigenvalue weighted by Gasteiger charge is 2.19. The molecular weight excluding hydrogens is 244 g/mol. The van der Waals surface area contributed by atoms with Gasteiger partial charge in [-0.1, -0.05) is 12.1 Å². The molecule has 0 fully saturated rings. The van der Waals surface area contributed by atoms with Crippen molar-refractivity contribution in [2.45, 2.75) is 13.8 Å². The van der Waals surface area contributed by atoms with E-state index in [4.69, 9.17) is 10.5 Å². The Kier molecular flexibility index (Phi) is 3.37. The maximum atomic E-state index is 11.0. The van der Waals surface area contributed by atoms with Gasteiger partial charge in [0.25, 0.3) is 0 Å². The Balaban J connectivity index is 2.40. The number of nitrogens with zero attached hydrogens (tertiary/aromatic N) is 1. The van der Waals surface area contributed by atoms with Gasteiger partial charge in [0.1, 0.15) is 11.4 Å². The lowest BCUT2D eigenvalue weighted by molar-refractivity contribution is -0.384. The Hall–Kier alpha value is -2.56. The summed E-state index contributed by atoms with van der Waals surface area (Å²) in [5, 5.41) is 11.0. The second-order valence-electron chi connectivity index (χ2n) is 4.30. The van der Waals surface area contributed by atoms with Crippen molar-refractivity contribution in [1.82, 2.24) is 0 Å². The van der Waals surface area contributed by atoms with Gasteiger partial charge in [0.15, 0.2) is 0 Å². The number of ether oxygens (including phenoxy) is 1. The second-order valence-corrected chi connectivity index (χ2v) is 4.30. The van der Waals surface area contributed by atoms with Crippen LogP contribution in [0.1, 0.15) is 11.1 Å². The van der Waals surface area contributed by atoms with Gasteiger partial charge in [-0.25, -0.2) is 0 Å². The maximum Gasteiger partial charge on any atom is 0.334 e. The summed E-state index contributed by atoms with van der Waals surface area (Å²) in [5.41, 5.74) is 7.68. The molecule has 0 aliphatic rings. The number of benzene rings is 2. The number of aryl methyl sites for hydroxylation is 2. The van der Waals surface area contributed by atoms with Crippen molar-refractivity contribution in [1.29, 1.82) is 0 Å². The fourth-order valence-electron chi connectivity index (χ4n) is 1.72. The third-order valence-corrected chi connectivity index (χ3v) is 2.92. The molecule has 0 heterocycles. The summed E-state index contributed by atoms with van der Waals surface area (Å²) >= 11 is 0. The molecule has 0 aliphatic heterocycles. The molecule has 0 aromatic heterocycles. The molecule has 2 aromatic carbocycles. The van der Waals surface area contributed by atoms with Crippen molar-refractivity contribution in [3.8, 4) is 11.5 Å². The molecule has 0 unspecified atom stereocenters. The Morgan fingerprint density at radius 1 is 1.16 bits per heavy atom. The van der Waals surface area contributed by atoms with Crippen molar-refractivity contribution in [2.75, 3.05) is 5.73 Å². The van der Waals surface area contributed by atoms with E-state index >= 15 is 0 Å². The summed E-state index contributed by atoms with van der Waals surface area (Å²) < 4.78 is 5.57. The van der Waals surface area contributed by atoms with Gasteiger partial charge >= 0.3 is 5.69 Å². The van der Waals surface area contributed by atoms with E-state index in [-0.39, 0.29) is 17.1 Å². The Bertz CT molecular complexity index is 639. The highest BCUT2D eigenvalue weighted by molar-refractivity contribution is 5.66. The molecule has 0 saturated heterocycles. The fraction of sp³-hybridized carbons (Fsp3) is 0.143. The van der Waals surface area contributed by atoms with Crippen LogP contribution in [0.5, 0.6) is 11.5 Å². The van der Waals surface area contributed by atoms with Crippen LogP contribution in [0.4, 0.5) is 11.4 Å². The summed E-state index contributed by atoms with van der Waals surface area (Å²) in [4.78, 5) is 10.5. The predicted octanol–water partition coefficient (Wildman–Crippen LogP) is 3.59. The monoisotopic (exact) mass is 258 g/mol. The molecule has 0 radical (unpaired) electrons.